The third-order valence-corrected chi connectivity index (χ3v) is 4.01. The smallest absolute Gasteiger partial charge is 0.0451 e. The first-order valence-corrected chi connectivity index (χ1v) is 7.37. The van der Waals surface area contributed by atoms with Crippen LogP contribution in [0.4, 0.5) is 0 Å². The van der Waals surface area contributed by atoms with Gasteiger partial charge in [0.1, 0.15) is 0 Å². The first-order chi connectivity index (χ1) is 8.81. The number of benzene rings is 1. The van der Waals surface area contributed by atoms with E-state index in [1.165, 1.54) is 31.4 Å². The minimum atomic E-state index is 0.674. The summed E-state index contributed by atoms with van der Waals surface area (Å²) in [5.74, 6) is 0. The van der Waals surface area contributed by atoms with Crippen LogP contribution in [0.25, 0.3) is 0 Å². The van der Waals surface area contributed by atoms with Crippen molar-refractivity contribution in [3.63, 3.8) is 0 Å². The summed E-state index contributed by atoms with van der Waals surface area (Å²) in [6, 6.07) is 8.86. The van der Waals surface area contributed by atoms with Gasteiger partial charge in [-0.15, -0.1) is 0 Å². The fourth-order valence-corrected chi connectivity index (χ4v) is 2.82. The molecule has 1 aliphatic heterocycles. The van der Waals surface area contributed by atoms with E-state index in [0.29, 0.717) is 6.04 Å². The lowest BCUT2D eigenvalue weighted by Gasteiger charge is -2.25. The van der Waals surface area contributed by atoms with E-state index >= 15 is 0 Å². The molecule has 0 saturated carbocycles. The number of rotatable bonds is 6. The Bertz CT molecular complexity index is 367. The fourth-order valence-electron chi connectivity index (χ4n) is 2.63. The largest absolute Gasteiger partial charge is 0.315 e. The molecule has 1 fully saturated rings. The van der Waals surface area contributed by atoms with Crippen molar-refractivity contribution in [2.24, 2.45) is 0 Å². The Balaban J connectivity index is 1.89. The Kier molecular flexibility index (Phi) is 5.48. The van der Waals surface area contributed by atoms with Gasteiger partial charge in [-0.25, -0.2) is 0 Å². The zero-order valence-corrected chi connectivity index (χ0v) is 11.9. The lowest BCUT2D eigenvalue weighted by Crippen LogP contribution is -2.37. The molecular formula is C15H23ClN2. The van der Waals surface area contributed by atoms with Crippen LogP contribution in [-0.4, -0.2) is 30.6 Å². The Hall–Kier alpha value is -0.570. The van der Waals surface area contributed by atoms with Crippen LogP contribution in [-0.2, 0) is 6.54 Å². The van der Waals surface area contributed by atoms with E-state index < -0.39 is 0 Å². The van der Waals surface area contributed by atoms with Gasteiger partial charge in [-0.1, -0.05) is 36.7 Å². The van der Waals surface area contributed by atoms with Crippen LogP contribution in [0.1, 0.15) is 31.7 Å². The van der Waals surface area contributed by atoms with Crippen molar-refractivity contribution in [1.82, 2.24) is 10.2 Å². The average Bonchev–Trinajstić information content (AvgIpc) is 2.80. The molecule has 0 spiro atoms. The van der Waals surface area contributed by atoms with Gasteiger partial charge in [0, 0.05) is 24.2 Å². The summed E-state index contributed by atoms with van der Waals surface area (Å²) in [7, 11) is 0. The summed E-state index contributed by atoms with van der Waals surface area (Å²) in [5, 5.41) is 4.43. The van der Waals surface area contributed by atoms with Gasteiger partial charge in [0.25, 0.3) is 0 Å². The summed E-state index contributed by atoms with van der Waals surface area (Å²) in [4.78, 5) is 2.56. The Morgan fingerprint density at radius 1 is 1.39 bits per heavy atom. The van der Waals surface area contributed by atoms with Crippen LogP contribution >= 0.6 is 11.6 Å². The Labute approximate surface area is 115 Å². The molecule has 1 unspecified atom stereocenters. The molecule has 1 N–H and O–H groups in total. The number of halogens is 1. The van der Waals surface area contributed by atoms with Crippen LogP contribution in [0, 0.1) is 0 Å². The third kappa shape index (κ3) is 3.71. The monoisotopic (exact) mass is 266 g/mol. The number of nitrogens with one attached hydrogen (secondary N) is 1. The molecule has 1 aromatic rings. The molecule has 1 heterocycles. The second-order valence-corrected chi connectivity index (χ2v) is 5.47. The molecule has 18 heavy (non-hydrogen) atoms. The van der Waals surface area contributed by atoms with Gasteiger partial charge >= 0.3 is 0 Å². The molecule has 2 nitrogen and oxygen atoms in total. The maximum atomic E-state index is 6.23. The Morgan fingerprint density at radius 3 is 3.00 bits per heavy atom. The average molecular weight is 267 g/mol. The summed E-state index contributed by atoms with van der Waals surface area (Å²) in [6.45, 7) is 6.62. The number of hydrogen-bond donors (Lipinski definition) is 1. The molecule has 1 saturated heterocycles. The highest BCUT2D eigenvalue weighted by molar-refractivity contribution is 6.31. The van der Waals surface area contributed by atoms with E-state index in [1.54, 1.807) is 0 Å². The van der Waals surface area contributed by atoms with Crippen molar-refractivity contribution in [1.29, 1.82) is 0 Å². The summed E-state index contributed by atoms with van der Waals surface area (Å²) < 4.78 is 0. The van der Waals surface area contributed by atoms with Gasteiger partial charge in [-0.2, -0.15) is 0 Å². The van der Waals surface area contributed by atoms with Gasteiger partial charge in [-0.3, -0.25) is 4.90 Å². The van der Waals surface area contributed by atoms with Crippen molar-refractivity contribution >= 4 is 11.6 Å². The zero-order valence-electron chi connectivity index (χ0n) is 11.2. The quantitative estimate of drug-likeness (QED) is 0.795. The van der Waals surface area contributed by atoms with Crippen molar-refractivity contribution in [2.45, 2.75) is 38.8 Å². The molecule has 0 radical (unpaired) electrons. The highest BCUT2D eigenvalue weighted by Gasteiger charge is 2.24. The summed E-state index contributed by atoms with van der Waals surface area (Å²) >= 11 is 6.23. The topological polar surface area (TPSA) is 15.3 Å². The first kappa shape index (κ1) is 13.9. The molecule has 100 valence electrons. The van der Waals surface area contributed by atoms with Crippen molar-refractivity contribution in [3.05, 3.63) is 34.9 Å². The van der Waals surface area contributed by atoms with E-state index in [9.17, 15) is 0 Å². The van der Waals surface area contributed by atoms with E-state index in [-0.39, 0.29) is 0 Å². The van der Waals surface area contributed by atoms with Crippen LogP contribution in [0.5, 0.6) is 0 Å². The molecular weight excluding hydrogens is 244 g/mol. The van der Waals surface area contributed by atoms with Crippen LogP contribution in [0.15, 0.2) is 24.3 Å². The third-order valence-electron chi connectivity index (χ3n) is 3.64. The lowest BCUT2D eigenvalue weighted by molar-refractivity contribution is 0.239. The van der Waals surface area contributed by atoms with Crippen molar-refractivity contribution < 1.29 is 0 Å². The van der Waals surface area contributed by atoms with Crippen LogP contribution in [0.2, 0.25) is 5.02 Å². The van der Waals surface area contributed by atoms with Crippen LogP contribution < -0.4 is 5.32 Å². The molecule has 0 aromatic heterocycles. The van der Waals surface area contributed by atoms with Crippen molar-refractivity contribution in [2.75, 3.05) is 19.6 Å². The van der Waals surface area contributed by atoms with Gasteiger partial charge in [0.15, 0.2) is 0 Å². The predicted octanol–water partition coefficient (Wildman–Crippen LogP) is 3.30. The summed E-state index contributed by atoms with van der Waals surface area (Å²) in [5.41, 5.74) is 1.25. The SMILES string of the molecule is CCCNCC1CCCN1Cc1ccccc1Cl. The molecule has 1 atom stereocenters. The lowest BCUT2D eigenvalue weighted by atomic mass is 10.2. The van der Waals surface area contributed by atoms with Crippen LogP contribution in [0.3, 0.4) is 0 Å². The molecule has 0 aliphatic carbocycles. The van der Waals surface area contributed by atoms with E-state index in [1.807, 2.05) is 12.1 Å². The second-order valence-electron chi connectivity index (χ2n) is 5.06. The molecule has 1 aliphatic rings. The minimum absolute atomic E-state index is 0.674. The number of hydrogen-bond acceptors (Lipinski definition) is 2. The number of nitrogens with zero attached hydrogens (tertiary/aromatic N) is 1. The number of likely N-dealkylation sites (tertiary alicyclic amines) is 1. The molecule has 1 aromatic carbocycles. The molecule has 2 rings (SSSR count). The standard InChI is InChI=1S/C15H23ClN2/c1-2-9-17-11-14-7-5-10-18(14)12-13-6-3-4-8-15(13)16/h3-4,6,8,14,17H,2,5,7,9-12H2,1H3. The zero-order chi connectivity index (χ0) is 12.8. The highest BCUT2D eigenvalue weighted by atomic mass is 35.5. The molecule has 0 amide bonds. The maximum absolute atomic E-state index is 6.23. The van der Waals surface area contributed by atoms with Gasteiger partial charge in [-0.05, 0) is 44.0 Å². The van der Waals surface area contributed by atoms with Gasteiger partial charge in [0.2, 0.25) is 0 Å². The predicted molar refractivity (Wildman–Crippen MR) is 78.0 cm³/mol. The summed E-state index contributed by atoms with van der Waals surface area (Å²) in [6.07, 6.45) is 3.82. The van der Waals surface area contributed by atoms with Crippen molar-refractivity contribution in [3.8, 4) is 0 Å². The first-order valence-electron chi connectivity index (χ1n) is 6.99. The molecule has 0 bridgehead atoms. The maximum Gasteiger partial charge on any atom is 0.0451 e. The normalized spacial score (nSPS) is 20.4. The van der Waals surface area contributed by atoms with E-state index in [4.69, 9.17) is 11.6 Å². The van der Waals surface area contributed by atoms with E-state index in [2.05, 4.69) is 29.3 Å². The highest BCUT2D eigenvalue weighted by Crippen LogP contribution is 2.23. The fraction of sp³-hybridized carbons (Fsp3) is 0.600. The van der Waals surface area contributed by atoms with E-state index in [0.717, 1.165) is 24.7 Å². The molecule has 3 heteroatoms. The van der Waals surface area contributed by atoms with Gasteiger partial charge < -0.3 is 5.32 Å². The minimum Gasteiger partial charge on any atom is -0.315 e. The second kappa shape index (κ2) is 7.13. The van der Waals surface area contributed by atoms with Gasteiger partial charge in [0.05, 0.1) is 0 Å². The Morgan fingerprint density at radius 2 is 2.22 bits per heavy atom.